The molecule has 0 aliphatic carbocycles. The van der Waals surface area contributed by atoms with E-state index in [0.717, 1.165) is 13.1 Å². The van der Waals surface area contributed by atoms with E-state index in [4.69, 9.17) is 0 Å². The summed E-state index contributed by atoms with van der Waals surface area (Å²) in [5.74, 6) is 0. The van der Waals surface area contributed by atoms with Gasteiger partial charge in [-0.3, -0.25) is 9.97 Å². The third-order valence-electron chi connectivity index (χ3n) is 1.13. The average molecular weight is 293 g/mol. The van der Waals surface area contributed by atoms with Crippen molar-refractivity contribution in [2.75, 3.05) is 0 Å². The summed E-state index contributed by atoms with van der Waals surface area (Å²) in [6.07, 6.45) is 7.00. The van der Waals surface area contributed by atoms with E-state index < -0.39 is 0 Å². The first-order chi connectivity index (χ1) is 7.41. The first-order valence-corrected chi connectivity index (χ1v) is 6.52. The predicted octanol–water partition coefficient (Wildman–Crippen LogP) is 3.54. The Bertz CT molecular complexity index is 210. The molecular weight excluding hydrogens is 283 g/mol. The van der Waals surface area contributed by atoms with Gasteiger partial charge in [0.25, 0.3) is 0 Å². The molecule has 5 heteroatoms. The van der Waals surface area contributed by atoms with E-state index in [9.17, 15) is 0 Å². The molecule has 85 valence electrons. The molecule has 0 fully saturated rings. The molecule has 0 amide bonds. The summed E-state index contributed by atoms with van der Waals surface area (Å²) in [6.45, 7) is 0. The van der Waals surface area contributed by atoms with Crippen molar-refractivity contribution in [2.24, 2.45) is 0 Å². The minimum atomic E-state index is 0.757. The summed E-state index contributed by atoms with van der Waals surface area (Å²) >= 11 is 0.757. The minimum Gasteiger partial charge on any atom is -0.265 e. The molecule has 0 aliphatic rings. The zero-order valence-electron chi connectivity index (χ0n) is 7.73. The standard InChI is InChI=1S/2C5H5N.2ClH.Cu/c2*1-2-4-6-5-3-1;;;/h2*1-5H;2*1H;/q;;;;+2/p-2. The van der Waals surface area contributed by atoms with Gasteiger partial charge in [-0.25, -0.2) is 0 Å². The number of halogens is 2. The summed E-state index contributed by atoms with van der Waals surface area (Å²) in [5.41, 5.74) is 0. The largest absolute Gasteiger partial charge is 0.265 e. The van der Waals surface area contributed by atoms with Crippen molar-refractivity contribution in [1.82, 2.24) is 9.97 Å². The Balaban J connectivity index is 0.000000210. The van der Waals surface area contributed by atoms with Crippen LogP contribution in [-0.2, 0) is 13.1 Å². The number of nitrogens with zero attached hydrogens (tertiary/aromatic N) is 2. The van der Waals surface area contributed by atoms with Gasteiger partial charge in [0.05, 0.1) is 0 Å². The van der Waals surface area contributed by atoms with Crippen molar-refractivity contribution >= 4 is 20.2 Å². The molecular formula is C10H10Cl2CuN2. The molecule has 2 aromatic heterocycles. The predicted molar refractivity (Wildman–Crippen MR) is 60.2 cm³/mol. The quantitative estimate of drug-likeness (QED) is 0.694. The molecule has 0 bridgehead atoms. The van der Waals surface area contributed by atoms with Gasteiger partial charge < -0.3 is 0 Å². The molecule has 15 heavy (non-hydrogen) atoms. The first kappa shape index (κ1) is 14.4. The van der Waals surface area contributed by atoms with Crippen molar-refractivity contribution < 1.29 is 13.1 Å². The molecule has 0 atom stereocenters. The average Bonchev–Trinajstić information content (AvgIpc) is 2.35. The van der Waals surface area contributed by atoms with Gasteiger partial charge in [-0.05, 0) is 24.3 Å². The topological polar surface area (TPSA) is 25.8 Å². The normalized spacial score (nSPS) is 7.87. The second-order valence-corrected chi connectivity index (χ2v) is 3.65. The van der Waals surface area contributed by atoms with Crippen LogP contribution in [0.5, 0.6) is 0 Å². The minimum absolute atomic E-state index is 0.757. The van der Waals surface area contributed by atoms with E-state index in [1.807, 2.05) is 36.4 Å². The number of hydrogen-bond donors (Lipinski definition) is 0. The molecule has 2 aromatic rings. The molecule has 0 saturated carbocycles. The van der Waals surface area contributed by atoms with Crippen molar-refractivity contribution in [3.8, 4) is 0 Å². The Morgan fingerprint density at radius 3 is 0.933 bits per heavy atom. The number of rotatable bonds is 0. The molecule has 2 nitrogen and oxygen atoms in total. The van der Waals surface area contributed by atoms with Gasteiger partial charge in [-0.1, -0.05) is 12.1 Å². The molecule has 2 rings (SSSR count). The van der Waals surface area contributed by atoms with Crippen LogP contribution < -0.4 is 0 Å². The summed E-state index contributed by atoms with van der Waals surface area (Å²) in [7, 11) is 9.34. The van der Waals surface area contributed by atoms with Crippen LogP contribution in [-0.4, -0.2) is 9.97 Å². The second-order valence-electron chi connectivity index (χ2n) is 2.09. The Hall–Kier alpha value is -0.601. The molecule has 0 N–H and O–H groups in total. The van der Waals surface area contributed by atoms with Gasteiger partial charge >= 0.3 is 33.3 Å². The summed E-state index contributed by atoms with van der Waals surface area (Å²) in [6, 6.07) is 11.4. The van der Waals surface area contributed by atoms with E-state index in [1.54, 1.807) is 24.8 Å². The van der Waals surface area contributed by atoms with Gasteiger partial charge in [-0.2, -0.15) is 0 Å². The molecule has 2 heterocycles. The number of aromatic nitrogens is 2. The fourth-order valence-corrected chi connectivity index (χ4v) is 0.625. The van der Waals surface area contributed by atoms with Crippen molar-refractivity contribution in [3.63, 3.8) is 0 Å². The Morgan fingerprint density at radius 1 is 0.600 bits per heavy atom. The third kappa shape index (κ3) is 13.4. The SMILES string of the molecule is [Cl][Cu][Cl].c1ccncc1.c1ccncc1. The van der Waals surface area contributed by atoms with Gasteiger partial charge in [0, 0.05) is 24.8 Å². The van der Waals surface area contributed by atoms with Crippen LogP contribution >= 0.6 is 20.2 Å². The Morgan fingerprint density at radius 2 is 0.867 bits per heavy atom. The van der Waals surface area contributed by atoms with Gasteiger partial charge in [0.1, 0.15) is 0 Å². The molecule has 0 aromatic carbocycles. The molecule has 0 spiro atoms. The maximum atomic E-state index is 4.67. The zero-order valence-corrected chi connectivity index (χ0v) is 10.2. The monoisotopic (exact) mass is 291 g/mol. The Kier molecular flexibility index (Phi) is 12.9. The summed E-state index contributed by atoms with van der Waals surface area (Å²) < 4.78 is 0. The maximum absolute atomic E-state index is 4.67. The van der Waals surface area contributed by atoms with Gasteiger partial charge in [0.15, 0.2) is 0 Å². The van der Waals surface area contributed by atoms with Gasteiger partial charge in [-0.15, -0.1) is 0 Å². The molecule has 0 saturated heterocycles. The van der Waals surface area contributed by atoms with Crippen LogP contribution in [0, 0.1) is 0 Å². The van der Waals surface area contributed by atoms with E-state index in [-0.39, 0.29) is 0 Å². The smallest absolute Gasteiger partial charge is 0.0267 e. The van der Waals surface area contributed by atoms with E-state index in [2.05, 4.69) is 30.2 Å². The van der Waals surface area contributed by atoms with E-state index >= 15 is 0 Å². The summed E-state index contributed by atoms with van der Waals surface area (Å²) in [5, 5.41) is 0. The fourth-order valence-electron chi connectivity index (χ4n) is 0.625. The fraction of sp³-hybridized carbons (Fsp3) is 0. The van der Waals surface area contributed by atoms with Crippen molar-refractivity contribution in [2.45, 2.75) is 0 Å². The summed E-state index contributed by atoms with van der Waals surface area (Å²) in [4.78, 5) is 7.57. The van der Waals surface area contributed by atoms with Crippen LogP contribution in [0.2, 0.25) is 0 Å². The van der Waals surface area contributed by atoms with E-state index in [1.165, 1.54) is 0 Å². The van der Waals surface area contributed by atoms with E-state index in [0.29, 0.717) is 0 Å². The number of hydrogen-bond acceptors (Lipinski definition) is 2. The molecule has 0 radical (unpaired) electrons. The zero-order chi connectivity index (χ0) is 11.2. The van der Waals surface area contributed by atoms with Crippen molar-refractivity contribution in [1.29, 1.82) is 0 Å². The van der Waals surface area contributed by atoms with Crippen LogP contribution in [0.25, 0.3) is 0 Å². The van der Waals surface area contributed by atoms with Crippen LogP contribution in [0.1, 0.15) is 0 Å². The van der Waals surface area contributed by atoms with Crippen LogP contribution in [0.4, 0.5) is 0 Å². The number of pyridine rings is 2. The first-order valence-electron chi connectivity index (χ1n) is 3.93. The second kappa shape index (κ2) is 13.4. The molecule has 0 unspecified atom stereocenters. The van der Waals surface area contributed by atoms with Crippen molar-refractivity contribution in [3.05, 3.63) is 61.2 Å². The Labute approximate surface area is 104 Å². The van der Waals surface area contributed by atoms with Crippen LogP contribution in [0.3, 0.4) is 0 Å². The third-order valence-corrected chi connectivity index (χ3v) is 1.13. The van der Waals surface area contributed by atoms with Crippen LogP contribution in [0.15, 0.2) is 61.2 Å². The molecule has 0 aliphatic heterocycles. The maximum Gasteiger partial charge on any atom is 0.0267 e. The van der Waals surface area contributed by atoms with Gasteiger partial charge in [0.2, 0.25) is 0 Å².